The summed E-state index contributed by atoms with van der Waals surface area (Å²) in [5, 5.41) is 3.24. The number of hydrogen-bond acceptors (Lipinski definition) is 2. The number of halogens is 4. The molecule has 0 heterocycles. The third kappa shape index (κ3) is 3.74. The van der Waals surface area contributed by atoms with Crippen LogP contribution in [-0.4, -0.2) is 7.11 Å². The molecule has 0 amide bonds. The Morgan fingerprint density at radius 1 is 1.05 bits per heavy atom. The lowest BCUT2D eigenvalue weighted by atomic mass is 10.1. The Hall–Kier alpha value is -1.14. The number of ether oxygens (including phenoxy) is 1. The average Bonchev–Trinajstić information content (AvgIpc) is 2.44. The van der Waals surface area contributed by atoms with Crippen molar-refractivity contribution >= 4 is 37.5 Å². The molecule has 2 aromatic rings. The van der Waals surface area contributed by atoms with Gasteiger partial charge >= 0.3 is 0 Å². The Morgan fingerprint density at radius 2 is 1.76 bits per heavy atom. The van der Waals surface area contributed by atoms with Crippen LogP contribution in [0.3, 0.4) is 0 Å². The van der Waals surface area contributed by atoms with E-state index in [1.54, 1.807) is 13.2 Å². The number of nitrogens with one attached hydrogen (secondary N) is 1. The third-order valence-electron chi connectivity index (χ3n) is 3.06. The van der Waals surface area contributed by atoms with Gasteiger partial charge in [-0.2, -0.15) is 0 Å². The average molecular weight is 421 g/mol. The molecule has 1 N–H and O–H groups in total. The minimum Gasteiger partial charge on any atom is -0.495 e. The summed E-state index contributed by atoms with van der Waals surface area (Å²) in [5.41, 5.74) is 1.45. The standard InChI is InChI=1S/C15H13Br2F2NO/c1-8(9-3-4-12(18)13(19)5-9)20-14-7-15(21-2)11(17)6-10(14)16/h3-8,20H,1-2H3. The Kier molecular flexibility index (Phi) is 5.22. The summed E-state index contributed by atoms with van der Waals surface area (Å²) in [6.07, 6.45) is 0. The topological polar surface area (TPSA) is 21.3 Å². The fraction of sp³-hybridized carbons (Fsp3) is 0.200. The molecule has 1 unspecified atom stereocenters. The zero-order valence-electron chi connectivity index (χ0n) is 11.4. The van der Waals surface area contributed by atoms with Crippen molar-refractivity contribution in [2.45, 2.75) is 13.0 Å². The molecule has 0 aliphatic carbocycles. The molecule has 0 saturated heterocycles. The Labute approximate surface area is 138 Å². The van der Waals surface area contributed by atoms with E-state index in [1.807, 2.05) is 19.1 Å². The lowest BCUT2D eigenvalue weighted by molar-refractivity contribution is 0.412. The molecule has 0 bridgehead atoms. The Balaban J connectivity index is 2.26. The van der Waals surface area contributed by atoms with Crippen LogP contribution in [0.4, 0.5) is 14.5 Å². The van der Waals surface area contributed by atoms with Crippen LogP contribution in [-0.2, 0) is 0 Å². The van der Waals surface area contributed by atoms with E-state index in [2.05, 4.69) is 37.2 Å². The van der Waals surface area contributed by atoms with E-state index in [9.17, 15) is 8.78 Å². The van der Waals surface area contributed by atoms with Gasteiger partial charge in [-0.25, -0.2) is 8.78 Å². The molecule has 6 heteroatoms. The first-order chi connectivity index (χ1) is 9.92. The van der Waals surface area contributed by atoms with Crippen LogP contribution in [0.2, 0.25) is 0 Å². The zero-order chi connectivity index (χ0) is 15.6. The first kappa shape index (κ1) is 16.2. The van der Waals surface area contributed by atoms with Crippen molar-refractivity contribution in [2.24, 2.45) is 0 Å². The predicted molar refractivity (Wildman–Crippen MR) is 86.8 cm³/mol. The number of methoxy groups -OCH3 is 1. The first-order valence-electron chi connectivity index (χ1n) is 6.17. The van der Waals surface area contributed by atoms with Gasteiger partial charge in [0.1, 0.15) is 5.75 Å². The van der Waals surface area contributed by atoms with Crippen molar-refractivity contribution in [3.63, 3.8) is 0 Å². The minimum atomic E-state index is -0.853. The Morgan fingerprint density at radius 3 is 2.38 bits per heavy atom. The van der Waals surface area contributed by atoms with Gasteiger partial charge in [0.2, 0.25) is 0 Å². The highest BCUT2D eigenvalue weighted by Gasteiger charge is 2.12. The van der Waals surface area contributed by atoms with Crippen LogP contribution in [0.1, 0.15) is 18.5 Å². The molecule has 0 aliphatic rings. The number of rotatable bonds is 4. The van der Waals surface area contributed by atoms with E-state index in [-0.39, 0.29) is 6.04 Å². The summed E-state index contributed by atoms with van der Waals surface area (Å²) >= 11 is 6.85. The number of benzene rings is 2. The third-order valence-corrected chi connectivity index (χ3v) is 4.33. The maximum Gasteiger partial charge on any atom is 0.159 e. The summed E-state index contributed by atoms with van der Waals surface area (Å²) in [7, 11) is 1.58. The normalized spacial score (nSPS) is 12.1. The highest BCUT2D eigenvalue weighted by molar-refractivity contribution is 9.11. The van der Waals surface area contributed by atoms with E-state index < -0.39 is 11.6 Å². The second kappa shape index (κ2) is 6.75. The largest absolute Gasteiger partial charge is 0.495 e. The minimum absolute atomic E-state index is 0.192. The van der Waals surface area contributed by atoms with Gasteiger partial charge in [0.05, 0.1) is 17.3 Å². The summed E-state index contributed by atoms with van der Waals surface area (Å²) in [6, 6.07) is 7.36. The lowest BCUT2D eigenvalue weighted by Gasteiger charge is -2.18. The molecule has 112 valence electrons. The molecule has 0 aliphatic heterocycles. The fourth-order valence-electron chi connectivity index (χ4n) is 1.89. The van der Waals surface area contributed by atoms with Crippen molar-refractivity contribution < 1.29 is 13.5 Å². The van der Waals surface area contributed by atoms with Crippen molar-refractivity contribution in [1.82, 2.24) is 0 Å². The smallest absolute Gasteiger partial charge is 0.159 e. The van der Waals surface area contributed by atoms with Crippen molar-refractivity contribution in [1.29, 1.82) is 0 Å². The van der Waals surface area contributed by atoms with Crippen molar-refractivity contribution in [2.75, 3.05) is 12.4 Å². The van der Waals surface area contributed by atoms with E-state index >= 15 is 0 Å². The van der Waals surface area contributed by atoms with Gasteiger partial charge in [0, 0.05) is 16.6 Å². The molecular weight excluding hydrogens is 408 g/mol. The molecule has 0 spiro atoms. The molecule has 0 radical (unpaired) electrons. The van der Waals surface area contributed by atoms with Gasteiger partial charge in [0.15, 0.2) is 11.6 Å². The van der Waals surface area contributed by atoms with Gasteiger partial charge < -0.3 is 10.1 Å². The fourth-order valence-corrected chi connectivity index (χ4v) is 3.16. The highest BCUT2D eigenvalue weighted by atomic mass is 79.9. The van der Waals surface area contributed by atoms with Crippen LogP contribution in [0, 0.1) is 11.6 Å². The zero-order valence-corrected chi connectivity index (χ0v) is 14.6. The molecule has 0 fully saturated rings. The maximum atomic E-state index is 13.3. The SMILES string of the molecule is COc1cc(NC(C)c2ccc(F)c(F)c2)c(Br)cc1Br. The van der Waals surface area contributed by atoms with Gasteiger partial charge in [-0.15, -0.1) is 0 Å². The van der Waals surface area contributed by atoms with Gasteiger partial charge in [-0.05, 0) is 62.5 Å². The predicted octanol–water partition coefficient (Wildman–Crippen LogP) is 5.67. The molecule has 2 aromatic carbocycles. The van der Waals surface area contributed by atoms with Crippen LogP contribution in [0.25, 0.3) is 0 Å². The molecular formula is C15H13Br2F2NO. The number of anilines is 1. The molecule has 2 rings (SSSR count). The summed E-state index contributed by atoms with van der Waals surface area (Å²) in [6.45, 7) is 1.87. The van der Waals surface area contributed by atoms with Gasteiger partial charge in [-0.1, -0.05) is 6.07 Å². The molecule has 2 nitrogen and oxygen atoms in total. The summed E-state index contributed by atoms with van der Waals surface area (Å²) in [5.74, 6) is -1.02. The summed E-state index contributed by atoms with van der Waals surface area (Å²) in [4.78, 5) is 0. The second-order valence-electron chi connectivity index (χ2n) is 4.51. The van der Waals surface area contributed by atoms with Gasteiger partial charge in [-0.3, -0.25) is 0 Å². The van der Waals surface area contributed by atoms with E-state index in [0.717, 1.165) is 20.7 Å². The van der Waals surface area contributed by atoms with Crippen LogP contribution >= 0.6 is 31.9 Å². The lowest BCUT2D eigenvalue weighted by Crippen LogP contribution is -2.08. The van der Waals surface area contributed by atoms with Crippen molar-refractivity contribution in [3.05, 3.63) is 56.5 Å². The first-order valence-corrected chi connectivity index (χ1v) is 7.75. The van der Waals surface area contributed by atoms with Gasteiger partial charge in [0.25, 0.3) is 0 Å². The monoisotopic (exact) mass is 419 g/mol. The maximum absolute atomic E-state index is 13.3. The number of hydrogen-bond donors (Lipinski definition) is 1. The molecule has 1 atom stereocenters. The van der Waals surface area contributed by atoms with Crippen LogP contribution < -0.4 is 10.1 Å². The van der Waals surface area contributed by atoms with Crippen molar-refractivity contribution in [3.8, 4) is 5.75 Å². The second-order valence-corrected chi connectivity index (χ2v) is 6.21. The molecule has 21 heavy (non-hydrogen) atoms. The van der Waals surface area contributed by atoms with Crippen LogP contribution in [0.5, 0.6) is 5.75 Å². The van der Waals surface area contributed by atoms with E-state index in [4.69, 9.17) is 4.74 Å². The molecule has 0 saturated carbocycles. The van der Waals surface area contributed by atoms with Crippen LogP contribution in [0.15, 0.2) is 39.3 Å². The molecule has 0 aromatic heterocycles. The van der Waals surface area contributed by atoms with E-state index in [0.29, 0.717) is 11.3 Å². The highest BCUT2D eigenvalue weighted by Crippen LogP contribution is 2.36. The quantitative estimate of drug-likeness (QED) is 0.687. The summed E-state index contributed by atoms with van der Waals surface area (Å²) < 4.78 is 33.2. The Bertz CT molecular complexity index is 664. The van der Waals surface area contributed by atoms with E-state index in [1.165, 1.54) is 6.07 Å².